The van der Waals surface area contributed by atoms with Gasteiger partial charge in [0, 0.05) is 14.5 Å². The van der Waals surface area contributed by atoms with E-state index in [1.165, 1.54) is 0 Å². The van der Waals surface area contributed by atoms with Crippen molar-refractivity contribution in [2.75, 3.05) is 5.32 Å². The van der Waals surface area contributed by atoms with Crippen LogP contribution in [0, 0.1) is 11.3 Å². The Morgan fingerprint density at radius 1 is 1.20 bits per heavy atom. The van der Waals surface area contributed by atoms with E-state index in [0.717, 1.165) is 8.95 Å². The van der Waals surface area contributed by atoms with Crippen LogP contribution in [0.1, 0.15) is 15.9 Å². The Hall–Kier alpha value is -1.35. The van der Waals surface area contributed by atoms with E-state index in [-0.39, 0.29) is 5.91 Å². The topological polar surface area (TPSA) is 52.9 Å². The van der Waals surface area contributed by atoms with Crippen molar-refractivity contribution in [2.45, 2.75) is 0 Å². The summed E-state index contributed by atoms with van der Waals surface area (Å²) in [6.45, 7) is 0. The molecule has 2 aromatic carbocycles. The summed E-state index contributed by atoms with van der Waals surface area (Å²) in [5.41, 5.74) is 1.26. The lowest BCUT2D eigenvalue weighted by Gasteiger charge is -2.08. The number of carbonyl (C=O) groups is 1. The van der Waals surface area contributed by atoms with Crippen LogP contribution in [0.2, 0.25) is 5.02 Å². The molecule has 2 aromatic rings. The van der Waals surface area contributed by atoms with Crippen molar-refractivity contribution in [1.82, 2.24) is 0 Å². The Kier molecular flexibility index (Phi) is 4.81. The number of hydrogen-bond donors (Lipinski definition) is 1. The average Bonchev–Trinajstić information content (AvgIpc) is 2.43. The lowest BCUT2D eigenvalue weighted by atomic mass is 10.1. The third-order valence-corrected chi connectivity index (χ3v) is 4.26. The van der Waals surface area contributed by atoms with Crippen LogP contribution in [0.15, 0.2) is 45.3 Å². The smallest absolute Gasteiger partial charge is 0.255 e. The van der Waals surface area contributed by atoms with Crippen molar-refractivity contribution in [3.8, 4) is 6.07 Å². The van der Waals surface area contributed by atoms with Crippen LogP contribution >= 0.6 is 43.5 Å². The second kappa shape index (κ2) is 6.40. The monoisotopic (exact) mass is 412 g/mol. The van der Waals surface area contributed by atoms with Crippen molar-refractivity contribution in [3.05, 3.63) is 61.5 Å². The molecule has 0 unspecified atom stereocenters. The van der Waals surface area contributed by atoms with Gasteiger partial charge in [-0.25, -0.2) is 0 Å². The van der Waals surface area contributed by atoms with Gasteiger partial charge in [-0.15, -0.1) is 0 Å². The first-order chi connectivity index (χ1) is 9.51. The first-order valence-electron chi connectivity index (χ1n) is 5.47. The van der Waals surface area contributed by atoms with Crippen LogP contribution in [0.5, 0.6) is 0 Å². The second-order valence-electron chi connectivity index (χ2n) is 3.88. The van der Waals surface area contributed by atoms with Gasteiger partial charge in [-0.2, -0.15) is 5.26 Å². The number of amides is 1. The summed E-state index contributed by atoms with van der Waals surface area (Å²) in [4.78, 5) is 12.1. The lowest BCUT2D eigenvalue weighted by molar-refractivity contribution is 0.102. The first-order valence-corrected chi connectivity index (χ1v) is 7.43. The number of anilines is 1. The highest BCUT2D eigenvalue weighted by Crippen LogP contribution is 2.25. The molecule has 1 N–H and O–H groups in total. The maximum atomic E-state index is 12.1. The first kappa shape index (κ1) is 15.0. The number of nitrogens with zero attached hydrogens (tertiary/aromatic N) is 1. The fraction of sp³-hybridized carbons (Fsp3) is 0. The molecule has 0 aliphatic carbocycles. The molecule has 0 atom stereocenters. The van der Waals surface area contributed by atoms with E-state index in [9.17, 15) is 4.79 Å². The zero-order valence-corrected chi connectivity index (χ0v) is 13.9. The van der Waals surface area contributed by atoms with E-state index < -0.39 is 0 Å². The van der Waals surface area contributed by atoms with Gasteiger partial charge in [-0.3, -0.25) is 4.79 Å². The zero-order valence-electron chi connectivity index (χ0n) is 9.95. The summed E-state index contributed by atoms with van der Waals surface area (Å²) < 4.78 is 1.50. The van der Waals surface area contributed by atoms with E-state index in [1.54, 1.807) is 36.4 Å². The van der Waals surface area contributed by atoms with E-state index in [2.05, 4.69) is 37.2 Å². The number of nitriles is 1. The van der Waals surface area contributed by atoms with Crippen LogP contribution in [0.3, 0.4) is 0 Å². The van der Waals surface area contributed by atoms with Crippen molar-refractivity contribution < 1.29 is 4.79 Å². The minimum atomic E-state index is -0.321. The molecule has 0 bridgehead atoms. The maximum absolute atomic E-state index is 12.1. The number of nitrogens with one attached hydrogen (secondary N) is 1. The highest BCUT2D eigenvalue weighted by molar-refractivity contribution is 9.10. The van der Waals surface area contributed by atoms with Crippen LogP contribution in [-0.4, -0.2) is 5.91 Å². The van der Waals surface area contributed by atoms with Crippen LogP contribution in [0.25, 0.3) is 0 Å². The molecule has 0 spiro atoms. The fourth-order valence-corrected chi connectivity index (χ4v) is 2.34. The van der Waals surface area contributed by atoms with Gasteiger partial charge in [0.05, 0.1) is 16.3 Å². The van der Waals surface area contributed by atoms with Crippen molar-refractivity contribution in [2.24, 2.45) is 0 Å². The highest BCUT2D eigenvalue weighted by Gasteiger charge is 2.11. The van der Waals surface area contributed by atoms with Gasteiger partial charge in [0.1, 0.15) is 6.07 Å². The summed E-state index contributed by atoms with van der Waals surface area (Å²) in [5.74, 6) is -0.321. The molecule has 0 radical (unpaired) electrons. The molecule has 100 valence electrons. The van der Waals surface area contributed by atoms with Crippen molar-refractivity contribution >= 4 is 55.1 Å². The molecule has 20 heavy (non-hydrogen) atoms. The predicted octanol–water partition coefficient (Wildman–Crippen LogP) is 4.99. The third kappa shape index (κ3) is 3.40. The molecule has 0 fully saturated rings. The number of carbonyl (C=O) groups excluding carboxylic acids is 1. The molecule has 2 rings (SSSR count). The molecule has 0 aromatic heterocycles. The van der Waals surface area contributed by atoms with Gasteiger partial charge >= 0.3 is 0 Å². The lowest BCUT2D eigenvalue weighted by Crippen LogP contribution is -2.12. The Balaban J connectivity index is 2.28. The van der Waals surface area contributed by atoms with Gasteiger partial charge in [0.25, 0.3) is 5.91 Å². The summed E-state index contributed by atoms with van der Waals surface area (Å²) in [5, 5.41) is 12.2. The molecule has 1 amide bonds. The summed E-state index contributed by atoms with van der Waals surface area (Å²) in [6.07, 6.45) is 0. The Labute approximate surface area is 137 Å². The quantitative estimate of drug-likeness (QED) is 0.753. The molecular weight excluding hydrogens is 407 g/mol. The van der Waals surface area contributed by atoms with Crippen molar-refractivity contribution in [3.63, 3.8) is 0 Å². The summed E-state index contributed by atoms with van der Waals surface area (Å²) >= 11 is 12.5. The predicted molar refractivity (Wildman–Crippen MR) is 86.0 cm³/mol. The van der Waals surface area contributed by atoms with Gasteiger partial charge in [-0.1, -0.05) is 27.5 Å². The Morgan fingerprint density at radius 3 is 2.60 bits per heavy atom. The SMILES string of the molecule is N#Cc1cc(Br)ccc1NC(=O)c1ccc(Br)c(Cl)c1. The average molecular weight is 414 g/mol. The number of benzene rings is 2. The van der Waals surface area contributed by atoms with E-state index in [4.69, 9.17) is 16.9 Å². The molecule has 0 aliphatic rings. The molecule has 0 saturated heterocycles. The molecule has 3 nitrogen and oxygen atoms in total. The minimum absolute atomic E-state index is 0.321. The van der Waals surface area contributed by atoms with Crippen LogP contribution < -0.4 is 5.32 Å². The molecule has 6 heteroatoms. The van der Waals surface area contributed by atoms with Gasteiger partial charge < -0.3 is 5.32 Å². The molecule has 0 aliphatic heterocycles. The number of rotatable bonds is 2. The van der Waals surface area contributed by atoms with E-state index >= 15 is 0 Å². The Morgan fingerprint density at radius 2 is 1.95 bits per heavy atom. The fourth-order valence-electron chi connectivity index (χ4n) is 1.55. The van der Waals surface area contributed by atoms with E-state index in [0.29, 0.717) is 21.8 Å². The van der Waals surface area contributed by atoms with Crippen LogP contribution in [0.4, 0.5) is 5.69 Å². The van der Waals surface area contributed by atoms with Gasteiger partial charge in [-0.05, 0) is 52.3 Å². The Bertz CT molecular complexity index is 726. The normalized spacial score (nSPS) is 9.90. The second-order valence-corrected chi connectivity index (χ2v) is 6.06. The number of halogens is 3. The largest absolute Gasteiger partial charge is 0.321 e. The molecule has 0 saturated carbocycles. The highest BCUT2D eigenvalue weighted by atomic mass is 79.9. The molecular formula is C14H7Br2ClN2O. The van der Waals surface area contributed by atoms with Gasteiger partial charge in [0.2, 0.25) is 0 Å². The molecule has 0 heterocycles. The summed E-state index contributed by atoms with van der Waals surface area (Å²) in [6, 6.07) is 12.0. The maximum Gasteiger partial charge on any atom is 0.255 e. The minimum Gasteiger partial charge on any atom is -0.321 e. The summed E-state index contributed by atoms with van der Waals surface area (Å²) in [7, 11) is 0. The van der Waals surface area contributed by atoms with Gasteiger partial charge in [0.15, 0.2) is 0 Å². The van der Waals surface area contributed by atoms with Crippen LogP contribution in [-0.2, 0) is 0 Å². The van der Waals surface area contributed by atoms with E-state index in [1.807, 2.05) is 6.07 Å². The zero-order chi connectivity index (χ0) is 14.7. The van der Waals surface area contributed by atoms with Crippen molar-refractivity contribution in [1.29, 1.82) is 5.26 Å². The standard InChI is InChI=1S/C14H7Br2ClN2O/c15-10-2-4-13(9(5-10)7-18)19-14(20)8-1-3-11(16)12(17)6-8/h1-6H,(H,19,20). The number of hydrogen-bond acceptors (Lipinski definition) is 2. The third-order valence-electron chi connectivity index (χ3n) is 2.53.